The third kappa shape index (κ3) is 4.46. The predicted octanol–water partition coefficient (Wildman–Crippen LogP) is 12.6. The second-order valence-electron chi connectivity index (χ2n) is 14.1. The molecule has 0 saturated carbocycles. The van der Waals surface area contributed by atoms with E-state index in [4.69, 9.17) is 9.97 Å². The summed E-state index contributed by atoms with van der Waals surface area (Å²) in [6, 6.07) is 70.2. The van der Waals surface area contributed by atoms with Crippen LogP contribution in [0, 0.1) is 0 Å². The Morgan fingerprint density at radius 2 is 0.774 bits per heavy atom. The first-order valence-corrected chi connectivity index (χ1v) is 18.2. The molecule has 0 radical (unpaired) electrons. The quantitative estimate of drug-likeness (QED) is 0.186. The molecule has 9 aromatic rings. The van der Waals surface area contributed by atoms with Gasteiger partial charge in [0.05, 0.1) is 16.8 Å². The van der Waals surface area contributed by atoms with Crippen LogP contribution in [0.3, 0.4) is 0 Å². The summed E-state index contributed by atoms with van der Waals surface area (Å²) in [4.78, 5) is 10.3. The first kappa shape index (κ1) is 29.8. The standard InChI is InChI=1S/C51H32N2/c1-2-13-35(14-3-1)48-32-49(39-27-24-33-12-4-5-15-37(33)30-39)53-50(52-48)36-25-22-34(23-26-36)38-28-29-43-42-18-8-11-21-46(42)51(47(43)31-38)44-19-9-6-16-40(44)41-17-7-10-20-45(41)51/h1-32H. The maximum absolute atomic E-state index is 5.16. The number of aromatic nitrogens is 2. The average Bonchev–Trinajstić information content (AvgIpc) is 3.71. The molecule has 1 heterocycles. The molecular formula is C51H32N2. The fourth-order valence-electron chi connectivity index (χ4n) is 8.92. The molecule has 0 saturated heterocycles. The summed E-state index contributed by atoms with van der Waals surface area (Å²) in [7, 11) is 0. The highest BCUT2D eigenvalue weighted by atomic mass is 14.9. The molecular weight excluding hydrogens is 641 g/mol. The van der Waals surface area contributed by atoms with Gasteiger partial charge in [-0.2, -0.15) is 0 Å². The minimum Gasteiger partial charge on any atom is -0.228 e. The van der Waals surface area contributed by atoms with Gasteiger partial charge in [-0.25, -0.2) is 9.97 Å². The van der Waals surface area contributed by atoms with Crippen LogP contribution >= 0.6 is 0 Å². The van der Waals surface area contributed by atoms with Crippen LogP contribution in [0.2, 0.25) is 0 Å². The van der Waals surface area contributed by atoms with Crippen LogP contribution in [-0.4, -0.2) is 9.97 Å². The Labute approximate surface area is 308 Å². The van der Waals surface area contributed by atoms with E-state index in [0.29, 0.717) is 5.82 Å². The molecule has 2 aliphatic carbocycles. The highest BCUT2D eigenvalue weighted by Gasteiger charge is 2.51. The van der Waals surface area contributed by atoms with Crippen LogP contribution in [0.1, 0.15) is 22.3 Å². The summed E-state index contributed by atoms with van der Waals surface area (Å²) in [5.41, 5.74) is 17.6. The van der Waals surface area contributed by atoms with E-state index in [-0.39, 0.29) is 5.41 Å². The minimum atomic E-state index is -0.361. The molecule has 2 aliphatic rings. The normalized spacial score (nSPS) is 13.1. The topological polar surface area (TPSA) is 25.8 Å². The maximum Gasteiger partial charge on any atom is 0.160 e. The summed E-state index contributed by atoms with van der Waals surface area (Å²) in [5.74, 6) is 0.712. The Kier molecular flexibility index (Phi) is 6.50. The van der Waals surface area contributed by atoms with Crippen molar-refractivity contribution < 1.29 is 0 Å². The lowest BCUT2D eigenvalue weighted by molar-refractivity contribution is 0.794. The van der Waals surface area contributed by atoms with E-state index < -0.39 is 0 Å². The van der Waals surface area contributed by atoms with E-state index >= 15 is 0 Å². The zero-order valence-corrected chi connectivity index (χ0v) is 28.9. The van der Waals surface area contributed by atoms with Crippen molar-refractivity contribution in [3.63, 3.8) is 0 Å². The summed E-state index contributed by atoms with van der Waals surface area (Å²) in [5, 5.41) is 2.41. The molecule has 246 valence electrons. The molecule has 11 rings (SSSR count). The van der Waals surface area contributed by atoms with Gasteiger partial charge in [0.1, 0.15) is 0 Å². The summed E-state index contributed by atoms with van der Waals surface area (Å²) < 4.78 is 0. The van der Waals surface area contributed by atoms with E-state index in [9.17, 15) is 0 Å². The molecule has 8 aromatic carbocycles. The Morgan fingerprint density at radius 1 is 0.283 bits per heavy atom. The van der Waals surface area contributed by atoms with Crippen molar-refractivity contribution in [1.82, 2.24) is 9.97 Å². The molecule has 0 bridgehead atoms. The molecule has 2 nitrogen and oxygen atoms in total. The molecule has 0 fully saturated rings. The van der Waals surface area contributed by atoms with Crippen LogP contribution in [0.25, 0.3) is 78.1 Å². The van der Waals surface area contributed by atoms with E-state index in [2.05, 4.69) is 188 Å². The first-order valence-electron chi connectivity index (χ1n) is 18.2. The molecule has 53 heavy (non-hydrogen) atoms. The van der Waals surface area contributed by atoms with Crippen LogP contribution < -0.4 is 0 Å². The molecule has 1 aromatic heterocycles. The van der Waals surface area contributed by atoms with Gasteiger partial charge in [-0.15, -0.1) is 0 Å². The van der Waals surface area contributed by atoms with Gasteiger partial charge in [0.25, 0.3) is 0 Å². The van der Waals surface area contributed by atoms with E-state index in [1.807, 2.05) is 6.07 Å². The van der Waals surface area contributed by atoms with Crippen molar-refractivity contribution >= 4 is 10.8 Å². The number of benzene rings is 8. The fraction of sp³-hybridized carbons (Fsp3) is 0.0196. The Balaban J connectivity index is 1.03. The van der Waals surface area contributed by atoms with Crippen LogP contribution in [0.15, 0.2) is 194 Å². The molecule has 0 N–H and O–H groups in total. The van der Waals surface area contributed by atoms with Gasteiger partial charge in [-0.1, -0.05) is 176 Å². The molecule has 1 spiro atoms. The largest absolute Gasteiger partial charge is 0.228 e. The summed E-state index contributed by atoms with van der Waals surface area (Å²) in [6.45, 7) is 0. The second kappa shape index (κ2) is 11.6. The maximum atomic E-state index is 5.16. The van der Waals surface area contributed by atoms with Crippen molar-refractivity contribution in [2.75, 3.05) is 0 Å². The smallest absolute Gasteiger partial charge is 0.160 e. The monoisotopic (exact) mass is 672 g/mol. The third-order valence-corrected chi connectivity index (χ3v) is 11.3. The third-order valence-electron chi connectivity index (χ3n) is 11.3. The lowest BCUT2D eigenvalue weighted by Crippen LogP contribution is -2.25. The predicted molar refractivity (Wildman–Crippen MR) is 218 cm³/mol. The zero-order chi connectivity index (χ0) is 34.9. The molecule has 0 atom stereocenters. The molecule has 2 heteroatoms. The van der Waals surface area contributed by atoms with Gasteiger partial charge in [0, 0.05) is 16.7 Å². The van der Waals surface area contributed by atoms with Crippen molar-refractivity contribution in [3.8, 4) is 67.3 Å². The minimum absolute atomic E-state index is 0.361. The number of fused-ring (bicyclic) bond motifs is 11. The Morgan fingerprint density at radius 3 is 1.43 bits per heavy atom. The molecule has 0 unspecified atom stereocenters. The van der Waals surface area contributed by atoms with Crippen molar-refractivity contribution in [1.29, 1.82) is 0 Å². The Hall–Kier alpha value is -6.90. The molecule has 0 aliphatic heterocycles. The van der Waals surface area contributed by atoms with Gasteiger partial charge < -0.3 is 0 Å². The SMILES string of the molecule is c1ccc(-c2cc(-c3ccc4ccccc4c3)nc(-c3ccc(-c4ccc5c(c4)C4(c6ccccc6-c6ccccc64)c4ccccc4-5)cc3)n2)cc1. The lowest BCUT2D eigenvalue weighted by atomic mass is 9.70. The molecule has 0 amide bonds. The van der Waals surface area contributed by atoms with Gasteiger partial charge in [0.2, 0.25) is 0 Å². The van der Waals surface area contributed by atoms with E-state index in [1.54, 1.807) is 0 Å². The fourth-order valence-corrected chi connectivity index (χ4v) is 8.92. The van der Waals surface area contributed by atoms with Crippen LogP contribution in [0.4, 0.5) is 0 Å². The van der Waals surface area contributed by atoms with Gasteiger partial charge in [-0.05, 0) is 84.6 Å². The van der Waals surface area contributed by atoms with Gasteiger partial charge >= 0.3 is 0 Å². The lowest BCUT2D eigenvalue weighted by Gasteiger charge is -2.30. The van der Waals surface area contributed by atoms with Crippen molar-refractivity contribution in [2.24, 2.45) is 0 Å². The number of hydrogen-bond donors (Lipinski definition) is 0. The van der Waals surface area contributed by atoms with E-state index in [1.165, 1.54) is 60.8 Å². The number of nitrogens with zero attached hydrogens (tertiary/aromatic N) is 2. The highest BCUT2D eigenvalue weighted by Crippen LogP contribution is 2.63. The second-order valence-corrected chi connectivity index (χ2v) is 14.1. The van der Waals surface area contributed by atoms with Crippen LogP contribution in [0.5, 0.6) is 0 Å². The van der Waals surface area contributed by atoms with Gasteiger partial charge in [-0.3, -0.25) is 0 Å². The Bertz CT molecular complexity index is 2820. The van der Waals surface area contributed by atoms with E-state index in [0.717, 1.165) is 33.6 Å². The zero-order valence-electron chi connectivity index (χ0n) is 28.9. The average molecular weight is 673 g/mol. The number of hydrogen-bond acceptors (Lipinski definition) is 2. The van der Waals surface area contributed by atoms with Crippen molar-refractivity contribution in [3.05, 3.63) is 216 Å². The summed E-state index contributed by atoms with van der Waals surface area (Å²) >= 11 is 0. The van der Waals surface area contributed by atoms with Gasteiger partial charge in [0.15, 0.2) is 5.82 Å². The number of rotatable bonds is 4. The highest BCUT2D eigenvalue weighted by molar-refractivity contribution is 5.96. The first-order chi connectivity index (χ1) is 26.3. The van der Waals surface area contributed by atoms with Crippen LogP contribution in [-0.2, 0) is 5.41 Å². The summed E-state index contributed by atoms with van der Waals surface area (Å²) in [6.07, 6.45) is 0. The van der Waals surface area contributed by atoms with Crippen molar-refractivity contribution in [2.45, 2.75) is 5.41 Å².